The SMILES string of the molecule is COc1ccc(CO[C@H]2[C@H](C)[C@@H](CN3CCCC3=O)O[C@@H]3SC(N(C)C(=O)OC(C)(C)C)=N[C@H]23)cc1. The van der Waals surface area contributed by atoms with Crippen molar-refractivity contribution >= 4 is 28.9 Å². The third-order valence-corrected chi connectivity index (χ3v) is 7.85. The van der Waals surface area contributed by atoms with Gasteiger partial charge < -0.3 is 23.8 Å². The summed E-state index contributed by atoms with van der Waals surface area (Å²) >= 11 is 1.40. The molecule has 2 amide bonds. The largest absolute Gasteiger partial charge is 0.497 e. The van der Waals surface area contributed by atoms with Gasteiger partial charge in [0.15, 0.2) is 5.17 Å². The summed E-state index contributed by atoms with van der Waals surface area (Å²) in [6.45, 7) is 9.29. The number of aliphatic imine (C=N–C) groups is 1. The predicted molar refractivity (Wildman–Crippen MR) is 138 cm³/mol. The average molecular weight is 520 g/mol. The van der Waals surface area contributed by atoms with E-state index in [1.165, 1.54) is 16.7 Å². The molecule has 0 bridgehead atoms. The molecule has 3 aliphatic rings. The lowest BCUT2D eigenvalue weighted by molar-refractivity contribution is -0.149. The van der Waals surface area contributed by atoms with E-state index in [4.69, 9.17) is 23.9 Å². The van der Waals surface area contributed by atoms with E-state index in [0.717, 1.165) is 24.3 Å². The van der Waals surface area contributed by atoms with Gasteiger partial charge in [0.1, 0.15) is 22.8 Å². The number of carbonyl (C=O) groups excluding carboxylic acids is 2. The maximum atomic E-state index is 12.7. The number of hydrogen-bond acceptors (Lipinski definition) is 8. The van der Waals surface area contributed by atoms with Gasteiger partial charge in [0.2, 0.25) is 5.91 Å². The van der Waals surface area contributed by atoms with Gasteiger partial charge in [0, 0.05) is 32.5 Å². The van der Waals surface area contributed by atoms with Crippen molar-refractivity contribution in [3.05, 3.63) is 29.8 Å². The highest BCUT2D eigenvalue weighted by molar-refractivity contribution is 8.14. The molecule has 2 fully saturated rings. The molecule has 1 aromatic rings. The van der Waals surface area contributed by atoms with Gasteiger partial charge in [-0.1, -0.05) is 30.8 Å². The molecule has 0 aliphatic carbocycles. The number of rotatable bonds is 6. The Morgan fingerprint density at radius 1 is 1.28 bits per heavy atom. The number of carbonyl (C=O) groups is 2. The van der Waals surface area contributed by atoms with Crippen LogP contribution in [0.25, 0.3) is 0 Å². The van der Waals surface area contributed by atoms with Crippen LogP contribution in [0.5, 0.6) is 5.75 Å². The number of amides is 2. The summed E-state index contributed by atoms with van der Waals surface area (Å²) in [7, 11) is 3.30. The normalized spacial score (nSPS) is 28.1. The summed E-state index contributed by atoms with van der Waals surface area (Å²) in [6, 6.07) is 7.50. The fourth-order valence-electron chi connectivity index (χ4n) is 4.61. The summed E-state index contributed by atoms with van der Waals surface area (Å²) in [6.07, 6.45) is 0.572. The van der Waals surface area contributed by atoms with Crippen LogP contribution in [0.2, 0.25) is 0 Å². The molecule has 3 aliphatic heterocycles. The lowest BCUT2D eigenvalue weighted by Crippen LogP contribution is -2.54. The highest BCUT2D eigenvalue weighted by Gasteiger charge is 2.50. The predicted octanol–water partition coefficient (Wildman–Crippen LogP) is 3.90. The first kappa shape index (κ1) is 26.8. The van der Waals surface area contributed by atoms with E-state index < -0.39 is 11.7 Å². The number of benzene rings is 1. The molecule has 1 aromatic carbocycles. The molecule has 9 nitrogen and oxygen atoms in total. The smallest absolute Gasteiger partial charge is 0.416 e. The van der Waals surface area contributed by atoms with Crippen LogP contribution in [0.1, 0.15) is 46.1 Å². The molecule has 0 spiro atoms. The minimum atomic E-state index is -0.607. The number of ether oxygens (including phenoxy) is 4. The molecule has 5 atom stereocenters. The van der Waals surface area contributed by atoms with Gasteiger partial charge in [-0.25, -0.2) is 4.79 Å². The van der Waals surface area contributed by atoms with Crippen molar-refractivity contribution in [2.75, 3.05) is 27.2 Å². The minimum absolute atomic E-state index is 0.00608. The lowest BCUT2D eigenvalue weighted by Gasteiger charge is -2.42. The fourth-order valence-corrected chi connectivity index (χ4v) is 5.79. The molecule has 0 N–H and O–H groups in total. The lowest BCUT2D eigenvalue weighted by atomic mass is 9.89. The topological polar surface area (TPSA) is 89.9 Å². The van der Waals surface area contributed by atoms with Crippen molar-refractivity contribution in [2.45, 2.75) is 76.4 Å². The maximum absolute atomic E-state index is 12.7. The zero-order chi connectivity index (χ0) is 26.0. The van der Waals surface area contributed by atoms with Crippen LogP contribution in [0.15, 0.2) is 29.3 Å². The van der Waals surface area contributed by atoms with Gasteiger partial charge in [-0.05, 0) is 44.9 Å². The van der Waals surface area contributed by atoms with Crippen LogP contribution in [-0.4, -0.2) is 83.5 Å². The van der Waals surface area contributed by atoms with Crippen molar-refractivity contribution < 1.29 is 28.5 Å². The van der Waals surface area contributed by atoms with Crippen LogP contribution in [-0.2, 0) is 25.6 Å². The zero-order valence-corrected chi connectivity index (χ0v) is 22.7. The molecule has 36 heavy (non-hydrogen) atoms. The third-order valence-electron chi connectivity index (χ3n) is 6.64. The van der Waals surface area contributed by atoms with E-state index in [-0.39, 0.29) is 35.5 Å². The van der Waals surface area contributed by atoms with Crippen molar-refractivity contribution in [3.63, 3.8) is 0 Å². The number of thioether (sulfide) groups is 1. The molecular weight excluding hydrogens is 482 g/mol. The zero-order valence-electron chi connectivity index (χ0n) is 21.9. The molecule has 0 saturated carbocycles. The molecular formula is C26H37N3O6S. The van der Waals surface area contributed by atoms with Crippen molar-refractivity contribution in [1.82, 2.24) is 9.80 Å². The Kier molecular flexibility index (Phi) is 8.16. The molecule has 0 aromatic heterocycles. The Labute approximate surface area is 217 Å². The van der Waals surface area contributed by atoms with Crippen LogP contribution >= 0.6 is 11.8 Å². The van der Waals surface area contributed by atoms with E-state index >= 15 is 0 Å². The fraction of sp³-hybridized carbons (Fsp3) is 0.654. The average Bonchev–Trinajstić information content (AvgIpc) is 3.43. The number of hydrogen-bond donors (Lipinski definition) is 0. The highest BCUT2D eigenvalue weighted by atomic mass is 32.2. The monoisotopic (exact) mass is 519 g/mol. The van der Waals surface area contributed by atoms with E-state index in [0.29, 0.717) is 24.7 Å². The van der Waals surface area contributed by atoms with E-state index in [1.807, 2.05) is 49.9 Å². The Bertz CT molecular complexity index is 979. The third kappa shape index (κ3) is 6.15. The first-order valence-electron chi connectivity index (χ1n) is 12.4. The van der Waals surface area contributed by atoms with Gasteiger partial charge in [-0.15, -0.1) is 0 Å². The number of likely N-dealkylation sites (tertiary alicyclic amines) is 1. The van der Waals surface area contributed by atoms with Crippen molar-refractivity contribution in [1.29, 1.82) is 0 Å². The van der Waals surface area contributed by atoms with Crippen LogP contribution < -0.4 is 4.74 Å². The second-order valence-electron chi connectivity index (χ2n) is 10.5. The Morgan fingerprint density at radius 3 is 2.61 bits per heavy atom. The number of fused-ring (bicyclic) bond motifs is 1. The molecule has 4 rings (SSSR count). The van der Waals surface area contributed by atoms with E-state index in [1.54, 1.807) is 14.2 Å². The summed E-state index contributed by atoms with van der Waals surface area (Å²) < 4.78 is 23.7. The van der Waals surface area contributed by atoms with Gasteiger partial charge in [-0.3, -0.25) is 14.7 Å². The van der Waals surface area contributed by atoms with Crippen LogP contribution in [0.3, 0.4) is 0 Å². The number of methoxy groups -OCH3 is 1. The first-order valence-corrected chi connectivity index (χ1v) is 13.3. The number of amidine groups is 1. The van der Waals surface area contributed by atoms with Crippen molar-refractivity contribution in [2.24, 2.45) is 10.9 Å². The summed E-state index contributed by atoms with van der Waals surface area (Å²) in [5.74, 6) is 0.956. The van der Waals surface area contributed by atoms with E-state index in [9.17, 15) is 9.59 Å². The summed E-state index contributed by atoms with van der Waals surface area (Å²) in [5, 5.41) is 0.544. The van der Waals surface area contributed by atoms with Crippen LogP contribution in [0.4, 0.5) is 4.79 Å². The molecule has 2 saturated heterocycles. The Hall–Kier alpha value is -2.30. The number of nitrogens with zero attached hydrogens (tertiary/aromatic N) is 3. The summed E-state index contributed by atoms with van der Waals surface area (Å²) in [5.41, 5.74) is 0.104. The molecule has 0 unspecified atom stereocenters. The second-order valence-corrected chi connectivity index (χ2v) is 11.6. The van der Waals surface area contributed by atoms with Gasteiger partial charge >= 0.3 is 6.09 Å². The molecule has 198 valence electrons. The van der Waals surface area contributed by atoms with Gasteiger partial charge in [0.05, 0.1) is 25.9 Å². The second kappa shape index (κ2) is 11.0. The molecule has 3 heterocycles. The Balaban J connectivity index is 1.51. The standard InChI is InChI=1S/C26H37N3O6S/c1-16-19(14-29-13-7-8-20(29)30)34-23-21(22(16)33-15-17-9-11-18(32-6)12-10-17)27-24(36-23)28(5)25(31)35-26(2,3)4/h9-12,16,19,21-23H,7-8,13-15H2,1-6H3/t16-,19-,21-,22+,23-/m1/s1. The Morgan fingerprint density at radius 2 is 2.00 bits per heavy atom. The minimum Gasteiger partial charge on any atom is -0.497 e. The van der Waals surface area contributed by atoms with Gasteiger partial charge in [0.25, 0.3) is 0 Å². The molecule has 10 heteroatoms. The maximum Gasteiger partial charge on any atom is 0.416 e. The first-order chi connectivity index (χ1) is 17.1. The quantitative estimate of drug-likeness (QED) is 0.563. The molecule has 0 radical (unpaired) electrons. The van der Waals surface area contributed by atoms with E-state index in [2.05, 4.69) is 6.92 Å². The highest BCUT2D eigenvalue weighted by Crippen LogP contribution is 2.41. The van der Waals surface area contributed by atoms with Gasteiger partial charge in [-0.2, -0.15) is 0 Å². The van der Waals surface area contributed by atoms with Crippen LogP contribution in [0, 0.1) is 5.92 Å². The summed E-state index contributed by atoms with van der Waals surface area (Å²) in [4.78, 5) is 33.2. The van der Waals surface area contributed by atoms with Crippen molar-refractivity contribution in [3.8, 4) is 5.75 Å².